The van der Waals surface area contributed by atoms with Crippen LogP contribution in [0.1, 0.15) is 19.8 Å². The van der Waals surface area contributed by atoms with Crippen LogP contribution in [0.4, 0.5) is 5.69 Å². The van der Waals surface area contributed by atoms with Crippen LogP contribution in [0.15, 0.2) is 29.2 Å². The fourth-order valence-corrected chi connectivity index (χ4v) is 3.52. The SMILES string of the molecule is CC1CCN(CC(=O)Nc2cccc(S(=O)(=O)N(C)C)c2)CC1. The molecule has 0 saturated carbocycles. The minimum Gasteiger partial charge on any atom is -0.325 e. The molecule has 128 valence electrons. The number of nitrogens with one attached hydrogen (secondary N) is 1. The Balaban J connectivity index is 1.99. The summed E-state index contributed by atoms with van der Waals surface area (Å²) in [4.78, 5) is 14.5. The molecule has 2 rings (SSSR count). The van der Waals surface area contributed by atoms with Crippen molar-refractivity contribution in [2.45, 2.75) is 24.7 Å². The van der Waals surface area contributed by atoms with Crippen molar-refractivity contribution in [3.63, 3.8) is 0 Å². The molecule has 0 aromatic heterocycles. The van der Waals surface area contributed by atoms with E-state index in [0.29, 0.717) is 12.2 Å². The van der Waals surface area contributed by atoms with Gasteiger partial charge in [-0.05, 0) is 50.0 Å². The molecule has 0 spiro atoms. The molecule has 1 heterocycles. The Morgan fingerprint density at radius 3 is 2.57 bits per heavy atom. The van der Waals surface area contributed by atoms with Gasteiger partial charge in [-0.3, -0.25) is 9.69 Å². The summed E-state index contributed by atoms with van der Waals surface area (Å²) < 4.78 is 25.4. The molecule has 1 amide bonds. The number of amides is 1. The normalized spacial score (nSPS) is 17.4. The van der Waals surface area contributed by atoms with E-state index >= 15 is 0 Å². The van der Waals surface area contributed by atoms with Crippen LogP contribution in [0, 0.1) is 5.92 Å². The lowest BCUT2D eigenvalue weighted by atomic mass is 9.99. The first-order valence-electron chi connectivity index (χ1n) is 7.84. The highest BCUT2D eigenvalue weighted by Crippen LogP contribution is 2.19. The lowest BCUT2D eigenvalue weighted by Crippen LogP contribution is -2.38. The standard InChI is InChI=1S/C16H25N3O3S/c1-13-7-9-19(10-8-13)12-16(20)17-14-5-4-6-15(11-14)23(21,22)18(2)3/h4-6,11,13H,7-10,12H2,1-3H3,(H,17,20). The third kappa shape index (κ3) is 4.76. The molecule has 0 radical (unpaired) electrons. The molecular formula is C16H25N3O3S. The maximum atomic E-state index is 12.1. The van der Waals surface area contributed by atoms with E-state index in [4.69, 9.17) is 0 Å². The lowest BCUT2D eigenvalue weighted by molar-refractivity contribution is -0.117. The molecule has 1 saturated heterocycles. The highest BCUT2D eigenvalue weighted by Gasteiger charge is 2.19. The van der Waals surface area contributed by atoms with Crippen molar-refractivity contribution in [1.82, 2.24) is 9.21 Å². The van der Waals surface area contributed by atoms with Crippen molar-refractivity contribution in [1.29, 1.82) is 0 Å². The Hall–Kier alpha value is -1.44. The van der Waals surface area contributed by atoms with Crippen molar-refractivity contribution in [2.75, 3.05) is 39.0 Å². The number of benzene rings is 1. The molecular weight excluding hydrogens is 314 g/mol. The van der Waals surface area contributed by atoms with Crippen LogP contribution in [0.5, 0.6) is 0 Å². The van der Waals surface area contributed by atoms with E-state index in [1.807, 2.05) is 0 Å². The quantitative estimate of drug-likeness (QED) is 0.885. The fraction of sp³-hybridized carbons (Fsp3) is 0.562. The minimum absolute atomic E-state index is 0.112. The van der Waals surface area contributed by atoms with Crippen LogP contribution in [0.2, 0.25) is 0 Å². The van der Waals surface area contributed by atoms with Gasteiger partial charge in [-0.25, -0.2) is 12.7 Å². The second-order valence-electron chi connectivity index (χ2n) is 6.32. The van der Waals surface area contributed by atoms with Gasteiger partial charge < -0.3 is 5.32 Å². The Bertz CT molecular complexity index is 650. The molecule has 0 atom stereocenters. The van der Waals surface area contributed by atoms with Gasteiger partial charge in [0.2, 0.25) is 15.9 Å². The topological polar surface area (TPSA) is 69.7 Å². The summed E-state index contributed by atoms with van der Waals surface area (Å²) in [6, 6.07) is 6.35. The van der Waals surface area contributed by atoms with Crippen molar-refractivity contribution in [3.8, 4) is 0 Å². The van der Waals surface area contributed by atoms with E-state index < -0.39 is 10.0 Å². The average molecular weight is 339 g/mol. The van der Waals surface area contributed by atoms with Gasteiger partial charge in [0, 0.05) is 19.8 Å². The van der Waals surface area contributed by atoms with Gasteiger partial charge in [0.15, 0.2) is 0 Å². The van der Waals surface area contributed by atoms with Crippen molar-refractivity contribution >= 4 is 21.6 Å². The summed E-state index contributed by atoms with van der Waals surface area (Å²) in [5.74, 6) is 0.612. The van der Waals surface area contributed by atoms with Gasteiger partial charge in [0.25, 0.3) is 0 Å². The summed E-state index contributed by atoms with van der Waals surface area (Å²) in [7, 11) is -0.529. The Kier molecular flexibility index (Phi) is 5.78. The number of hydrogen-bond donors (Lipinski definition) is 1. The maximum absolute atomic E-state index is 12.1. The monoisotopic (exact) mass is 339 g/mol. The highest BCUT2D eigenvalue weighted by atomic mass is 32.2. The highest BCUT2D eigenvalue weighted by molar-refractivity contribution is 7.89. The number of piperidine rings is 1. The molecule has 23 heavy (non-hydrogen) atoms. The second kappa shape index (κ2) is 7.42. The number of carbonyl (C=O) groups is 1. The van der Waals surface area contributed by atoms with Gasteiger partial charge in [-0.1, -0.05) is 13.0 Å². The zero-order chi connectivity index (χ0) is 17.0. The Morgan fingerprint density at radius 1 is 1.30 bits per heavy atom. The molecule has 7 heteroatoms. The van der Waals surface area contributed by atoms with Crippen LogP contribution in [-0.4, -0.2) is 57.3 Å². The summed E-state index contributed by atoms with van der Waals surface area (Å²) in [6.07, 6.45) is 2.23. The Morgan fingerprint density at radius 2 is 1.96 bits per heavy atom. The summed E-state index contributed by atoms with van der Waals surface area (Å²) in [5, 5.41) is 2.79. The van der Waals surface area contributed by atoms with Crippen LogP contribution < -0.4 is 5.32 Å². The van der Waals surface area contributed by atoms with E-state index in [9.17, 15) is 13.2 Å². The first-order chi connectivity index (χ1) is 10.8. The van der Waals surface area contributed by atoms with Crippen molar-refractivity contribution < 1.29 is 13.2 Å². The molecule has 1 N–H and O–H groups in total. The third-order valence-electron chi connectivity index (χ3n) is 4.14. The minimum atomic E-state index is -3.50. The van der Waals surface area contributed by atoms with Crippen molar-refractivity contribution in [2.24, 2.45) is 5.92 Å². The summed E-state index contributed by atoms with van der Waals surface area (Å²) in [6.45, 7) is 4.44. The van der Waals surface area contributed by atoms with E-state index in [1.54, 1.807) is 12.1 Å². The zero-order valence-electron chi connectivity index (χ0n) is 13.9. The van der Waals surface area contributed by atoms with Crippen LogP contribution in [0.25, 0.3) is 0 Å². The number of rotatable bonds is 5. The summed E-state index contributed by atoms with van der Waals surface area (Å²) in [5.41, 5.74) is 0.503. The zero-order valence-corrected chi connectivity index (χ0v) is 14.8. The fourth-order valence-electron chi connectivity index (χ4n) is 2.57. The molecule has 1 aromatic rings. The molecule has 1 aliphatic heterocycles. The number of likely N-dealkylation sites (tertiary alicyclic amines) is 1. The summed E-state index contributed by atoms with van der Waals surface area (Å²) >= 11 is 0. The Labute approximate surface area is 138 Å². The number of carbonyl (C=O) groups excluding carboxylic acids is 1. The molecule has 6 nitrogen and oxygen atoms in total. The van der Waals surface area contributed by atoms with E-state index in [0.717, 1.165) is 36.2 Å². The van der Waals surface area contributed by atoms with Crippen molar-refractivity contribution in [3.05, 3.63) is 24.3 Å². The largest absolute Gasteiger partial charge is 0.325 e. The number of sulfonamides is 1. The second-order valence-corrected chi connectivity index (χ2v) is 8.47. The van der Waals surface area contributed by atoms with E-state index in [-0.39, 0.29) is 10.8 Å². The van der Waals surface area contributed by atoms with Gasteiger partial charge in [-0.2, -0.15) is 0 Å². The van der Waals surface area contributed by atoms with Gasteiger partial charge in [0.05, 0.1) is 11.4 Å². The molecule has 1 fully saturated rings. The van der Waals surface area contributed by atoms with Gasteiger partial charge in [0.1, 0.15) is 0 Å². The molecule has 0 aliphatic carbocycles. The number of hydrogen-bond acceptors (Lipinski definition) is 4. The lowest BCUT2D eigenvalue weighted by Gasteiger charge is -2.29. The van der Waals surface area contributed by atoms with Crippen LogP contribution in [-0.2, 0) is 14.8 Å². The van der Waals surface area contributed by atoms with Crippen LogP contribution in [0.3, 0.4) is 0 Å². The average Bonchev–Trinajstić information content (AvgIpc) is 2.49. The molecule has 0 unspecified atom stereocenters. The van der Waals surface area contributed by atoms with Crippen LogP contribution >= 0.6 is 0 Å². The van der Waals surface area contributed by atoms with Gasteiger partial charge >= 0.3 is 0 Å². The first-order valence-corrected chi connectivity index (χ1v) is 9.28. The smallest absolute Gasteiger partial charge is 0.242 e. The maximum Gasteiger partial charge on any atom is 0.242 e. The molecule has 1 aliphatic rings. The molecule has 0 bridgehead atoms. The predicted octanol–water partition coefficient (Wildman–Crippen LogP) is 1.61. The van der Waals surface area contributed by atoms with E-state index in [1.165, 1.54) is 26.2 Å². The number of anilines is 1. The van der Waals surface area contributed by atoms with Gasteiger partial charge in [-0.15, -0.1) is 0 Å². The third-order valence-corrected chi connectivity index (χ3v) is 5.95. The first kappa shape index (κ1) is 17.9. The predicted molar refractivity (Wildman–Crippen MR) is 90.8 cm³/mol. The molecule has 1 aromatic carbocycles. The van der Waals surface area contributed by atoms with E-state index in [2.05, 4.69) is 17.1 Å². The number of nitrogens with zero attached hydrogens (tertiary/aromatic N) is 2.